The molecule has 2 heterocycles. The van der Waals surface area contributed by atoms with Crippen molar-refractivity contribution in [1.29, 1.82) is 5.26 Å². The van der Waals surface area contributed by atoms with Crippen molar-refractivity contribution < 1.29 is 4.74 Å². The van der Waals surface area contributed by atoms with Gasteiger partial charge >= 0.3 is 0 Å². The van der Waals surface area contributed by atoms with Crippen molar-refractivity contribution in [2.45, 2.75) is 19.9 Å². The zero-order valence-corrected chi connectivity index (χ0v) is 12.9. The van der Waals surface area contributed by atoms with Gasteiger partial charge < -0.3 is 10.1 Å². The molecule has 0 spiro atoms. The fraction of sp³-hybridized carbons (Fsp3) is 0.294. The Hall–Kier alpha value is -2.58. The zero-order valence-electron chi connectivity index (χ0n) is 12.9. The minimum atomic E-state index is 0.154. The molecule has 5 heteroatoms. The number of nitriles is 1. The fourth-order valence-corrected chi connectivity index (χ4v) is 2.74. The van der Waals surface area contributed by atoms with E-state index in [0.29, 0.717) is 17.8 Å². The predicted octanol–water partition coefficient (Wildman–Crippen LogP) is 3.11. The van der Waals surface area contributed by atoms with Crippen LogP contribution in [0.15, 0.2) is 30.3 Å². The van der Waals surface area contributed by atoms with Gasteiger partial charge in [-0.1, -0.05) is 12.1 Å². The van der Waals surface area contributed by atoms with Crippen LogP contribution in [0.4, 0.5) is 5.82 Å². The molecular formula is C17H18N4O. The van der Waals surface area contributed by atoms with Crippen LogP contribution in [0.25, 0.3) is 16.7 Å². The number of anilines is 1. The van der Waals surface area contributed by atoms with Crippen molar-refractivity contribution in [2.75, 3.05) is 19.0 Å². The van der Waals surface area contributed by atoms with Crippen LogP contribution >= 0.6 is 0 Å². The second-order valence-corrected chi connectivity index (χ2v) is 5.46. The predicted molar refractivity (Wildman–Crippen MR) is 87.1 cm³/mol. The molecule has 0 fully saturated rings. The maximum atomic E-state index is 9.45. The fourth-order valence-electron chi connectivity index (χ4n) is 2.74. The normalized spacial score (nSPS) is 12.5. The molecule has 3 aromatic rings. The molecule has 5 nitrogen and oxygen atoms in total. The molecule has 1 atom stereocenters. The number of nitrogens with one attached hydrogen (secondary N) is 1. The van der Waals surface area contributed by atoms with Crippen molar-refractivity contribution in [1.82, 2.24) is 9.38 Å². The first-order valence-corrected chi connectivity index (χ1v) is 7.22. The van der Waals surface area contributed by atoms with Gasteiger partial charge in [-0.2, -0.15) is 5.26 Å². The first-order valence-electron chi connectivity index (χ1n) is 7.22. The molecule has 0 aliphatic rings. The Morgan fingerprint density at radius 3 is 2.91 bits per heavy atom. The Balaban J connectivity index is 2.29. The van der Waals surface area contributed by atoms with Crippen LogP contribution in [0.3, 0.4) is 0 Å². The highest BCUT2D eigenvalue weighted by atomic mass is 16.5. The number of benzene rings is 1. The summed E-state index contributed by atoms with van der Waals surface area (Å²) in [6.07, 6.45) is 0. The zero-order chi connectivity index (χ0) is 15.7. The van der Waals surface area contributed by atoms with Crippen molar-refractivity contribution in [3.05, 3.63) is 41.5 Å². The van der Waals surface area contributed by atoms with Crippen molar-refractivity contribution in [2.24, 2.45) is 0 Å². The van der Waals surface area contributed by atoms with E-state index in [4.69, 9.17) is 4.74 Å². The highest BCUT2D eigenvalue weighted by molar-refractivity contribution is 5.85. The number of imidazole rings is 1. The van der Waals surface area contributed by atoms with Gasteiger partial charge in [0.25, 0.3) is 0 Å². The second-order valence-electron chi connectivity index (χ2n) is 5.46. The highest BCUT2D eigenvalue weighted by Gasteiger charge is 2.15. The third-order valence-electron chi connectivity index (χ3n) is 3.70. The first kappa shape index (κ1) is 14.4. The number of rotatable bonds is 4. The lowest BCUT2D eigenvalue weighted by Crippen LogP contribution is -2.22. The number of hydrogen-bond acceptors (Lipinski definition) is 4. The largest absolute Gasteiger partial charge is 0.383 e. The molecular weight excluding hydrogens is 276 g/mol. The molecule has 0 aliphatic heterocycles. The molecule has 0 bridgehead atoms. The minimum Gasteiger partial charge on any atom is -0.383 e. The highest BCUT2D eigenvalue weighted by Crippen LogP contribution is 2.26. The average molecular weight is 294 g/mol. The monoisotopic (exact) mass is 294 g/mol. The molecule has 22 heavy (non-hydrogen) atoms. The molecule has 0 aliphatic carbocycles. The van der Waals surface area contributed by atoms with E-state index in [-0.39, 0.29) is 6.04 Å². The van der Waals surface area contributed by atoms with Gasteiger partial charge in [0.05, 0.1) is 23.2 Å². The van der Waals surface area contributed by atoms with Crippen molar-refractivity contribution in [3.63, 3.8) is 0 Å². The summed E-state index contributed by atoms with van der Waals surface area (Å²) >= 11 is 0. The molecule has 2 aromatic heterocycles. The van der Waals surface area contributed by atoms with E-state index in [1.807, 2.05) is 41.7 Å². The van der Waals surface area contributed by atoms with E-state index in [0.717, 1.165) is 22.4 Å². The number of methoxy groups -OCH3 is 1. The molecule has 0 radical (unpaired) electrons. The number of aryl methyl sites for hydroxylation is 1. The van der Waals surface area contributed by atoms with Gasteiger partial charge in [0.15, 0.2) is 5.65 Å². The van der Waals surface area contributed by atoms with Crippen LogP contribution in [-0.2, 0) is 4.74 Å². The number of ether oxygens (including phenoxy) is 1. The number of aromatic nitrogens is 2. The van der Waals surface area contributed by atoms with E-state index >= 15 is 0 Å². The lowest BCUT2D eigenvalue weighted by molar-refractivity contribution is 0.190. The Morgan fingerprint density at radius 1 is 1.41 bits per heavy atom. The van der Waals surface area contributed by atoms with E-state index in [1.54, 1.807) is 7.11 Å². The molecule has 1 aromatic carbocycles. The molecule has 0 amide bonds. The Kier molecular flexibility index (Phi) is 3.70. The third-order valence-corrected chi connectivity index (χ3v) is 3.70. The quantitative estimate of drug-likeness (QED) is 0.803. The number of hydrogen-bond donors (Lipinski definition) is 1. The number of pyridine rings is 1. The second kappa shape index (κ2) is 5.66. The van der Waals surface area contributed by atoms with Crippen LogP contribution in [0.1, 0.15) is 18.1 Å². The van der Waals surface area contributed by atoms with Gasteiger partial charge in [0.1, 0.15) is 11.9 Å². The van der Waals surface area contributed by atoms with Crippen LogP contribution in [0.2, 0.25) is 0 Å². The van der Waals surface area contributed by atoms with Crippen LogP contribution in [0, 0.1) is 18.3 Å². The smallest absolute Gasteiger partial charge is 0.157 e. The van der Waals surface area contributed by atoms with E-state index in [1.165, 1.54) is 0 Å². The molecule has 0 saturated carbocycles. The summed E-state index contributed by atoms with van der Waals surface area (Å²) in [5, 5.41) is 12.9. The number of fused-ring (bicyclic) bond motifs is 3. The topological polar surface area (TPSA) is 62.3 Å². The summed E-state index contributed by atoms with van der Waals surface area (Å²) < 4.78 is 7.20. The number of nitrogens with zero attached hydrogens (tertiary/aromatic N) is 3. The van der Waals surface area contributed by atoms with Gasteiger partial charge in [-0.15, -0.1) is 0 Å². The van der Waals surface area contributed by atoms with Gasteiger partial charge in [-0.3, -0.25) is 4.40 Å². The molecule has 3 rings (SSSR count). The SMILES string of the molecule is COCC(C)Nc1cc(C)c(C#N)c2nc3ccccc3n12. The standard InChI is InChI=1S/C17H18N4O/c1-11-8-16(19-12(2)10-22-3)21-15-7-5-4-6-14(15)20-17(21)13(11)9-18/h4-8,12,19H,10H2,1-3H3. The Bertz CT molecular complexity index is 876. The van der Waals surface area contributed by atoms with E-state index < -0.39 is 0 Å². The van der Waals surface area contributed by atoms with Crippen molar-refractivity contribution >= 4 is 22.5 Å². The lowest BCUT2D eigenvalue weighted by Gasteiger charge is -2.17. The third kappa shape index (κ3) is 2.28. The Morgan fingerprint density at radius 2 is 2.18 bits per heavy atom. The van der Waals surface area contributed by atoms with Gasteiger partial charge in [-0.25, -0.2) is 4.98 Å². The Labute approximate surface area is 129 Å². The maximum absolute atomic E-state index is 9.45. The van der Waals surface area contributed by atoms with Gasteiger partial charge in [-0.05, 0) is 37.6 Å². The van der Waals surface area contributed by atoms with Gasteiger partial charge in [0, 0.05) is 13.2 Å². The summed E-state index contributed by atoms with van der Waals surface area (Å²) in [4.78, 5) is 4.63. The lowest BCUT2D eigenvalue weighted by atomic mass is 10.1. The van der Waals surface area contributed by atoms with Crippen LogP contribution < -0.4 is 5.32 Å². The van der Waals surface area contributed by atoms with Crippen molar-refractivity contribution in [3.8, 4) is 6.07 Å². The average Bonchev–Trinajstić information content (AvgIpc) is 2.87. The molecule has 1 unspecified atom stereocenters. The van der Waals surface area contributed by atoms with E-state index in [2.05, 4.69) is 23.3 Å². The van der Waals surface area contributed by atoms with Crippen LogP contribution in [0.5, 0.6) is 0 Å². The first-order chi connectivity index (χ1) is 10.7. The van der Waals surface area contributed by atoms with Gasteiger partial charge in [0.2, 0.25) is 0 Å². The minimum absolute atomic E-state index is 0.154. The molecule has 1 N–H and O–H groups in total. The van der Waals surface area contributed by atoms with Crippen LogP contribution in [-0.4, -0.2) is 29.1 Å². The summed E-state index contributed by atoms with van der Waals surface area (Å²) in [6.45, 7) is 4.60. The summed E-state index contributed by atoms with van der Waals surface area (Å²) in [5.74, 6) is 0.921. The summed E-state index contributed by atoms with van der Waals surface area (Å²) in [6, 6.07) is 12.3. The number of para-hydroxylation sites is 2. The molecule has 0 saturated heterocycles. The molecule has 112 valence electrons. The maximum Gasteiger partial charge on any atom is 0.157 e. The summed E-state index contributed by atoms with van der Waals surface area (Å²) in [5.41, 5.74) is 4.09. The van der Waals surface area contributed by atoms with E-state index in [9.17, 15) is 5.26 Å². The summed E-state index contributed by atoms with van der Waals surface area (Å²) in [7, 11) is 1.68.